The molecule has 1 amide bonds. The van der Waals surface area contributed by atoms with Gasteiger partial charge < -0.3 is 23.8 Å². The van der Waals surface area contributed by atoms with Crippen molar-refractivity contribution >= 4 is 28.3 Å². The molecule has 0 saturated heterocycles. The number of anilines is 1. The summed E-state index contributed by atoms with van der Waals surface area (Å²) in [4.78, 5) is 31.7. The molecule has 36 heavy (non-hydrogen) atoms. The highest BCUT2D eigenvalue weighted by molar-refractivity contribution is 6.05. The normalized spacial score (nSPS) is 11.4. The molecule has 0 aliphatic carbocycles. The SMILES string of the molecule is Cc1ccc2nc(COc3cccc(C(=O)Nc4ccc5oc(=O)n(CCN(C)C)c5c4)c3)cn2c1. The number of nitrogens with zero attached hydrogens (tertiary/aromatic N) is 4. The van der Waals surface area contributed by atoms with Crippen molar-refractivity contribution < 1.29 is 13.9 Å². The van der Waals surface area contributed by atoms with Crippen molar-refractivity contribution in [2.75, 3.05) is 26.0 Å². The number of rotatable bonds is 8. The quantitative estimate of drug-likeness (QED) is 0.358. The number of likely N-dealkylation sites (N-methyl/N-ethyl adjacent to an activating group) is 1. The van der Waals surface area contributed by atoms with Crippen molar-refractivity contribution in [1.29, 1.82) is 0 Å². The van der Waals surface area contributed by atoms with Gasteiger partial charge in [0.05, 0.1) is 11.2 Å². The largest absolute Gasteiger partial charge is 0.487 e. The number of nitrogens with one attached hydrogen (secondary N) is 1. The van der Waals surface area contributed by atoms with Crippen LogP contribution < -0.4 is 15.8 Å². The standard InChI is InChI=1S/C27H27N5O4/c1-18-7-10-25-28-21(16-31(25)15-18)17-35-22-6-4-5-19(13-22)26(33)29-20-8-9-24-23(14-20)32(27(34)36-24)12-11-30(2)3/h4-10,13-16H,11-12,17H2,1-3H3,(H,29,33). The number of benzene rings is 2. The Hall–Kier alpha value is -4.37. The molecule has 184 valence electrons. The van der Waals surface area contributed by atoms with E-state index in [0.717, 1.165) is 16.9 Å². The van der Waals surface area contributed by atoms with Gasteiger partial charge in [0, 0.05) is 36.7 Å². The predicted molar refractivity (Wildman–Crippen MR) is 138 cm³/mol. The van der Waals surface area contributed by atoms with Gasteiger partial charge in [-0.25, -0.2) is 9.78 Å². The van der Waals surface area contributed by atoms with Crippen LogP contribution >= 0.6 is 0 Å². The number of imidazole rings is 1. The summed E-state index contributed by atoms with van der Waals surface area (Å²) in [5.74, 6) is -0.131. The number of amides is 1. The third kappa shape index (κ3) is 5.01. The van der Waals surface area contributed by atoms with Gasteiger partial charge >= 0.3 is 5.76 Å². The Morgan fingerprint density at radius 3 is 2.81 bits per heavy atom. The number of hydrogen-bond donors (Lipinski definition) is 1. The molecule has 0 radical (unpaired) electrons. The molecule has 9 nitrogen and oxygen atoms in total. The number of aromatic nitrogens is 3. The second-order valence-electron chi connectivity index (χ2n) is 8.98. The van der Waals surface area contributed by atoms with E-state index in [9.17, 15) is 9.59 Å². The molecule has 9 heteroatoms. The molecule has 0 aliphatic heterocycles. The molecule has 2 aromatic carbocycles. The van der Waals surface area contributed by atoms with E-state index >= 15 is 0 Å². The van der Waals surface area contributed by atoms with E-state index in [1.165, 1.54) is 0 Å². The maximum absolute atomic E-state index is 13.0. The Balaban J connectivity index is 1.29. The van der Waals surface area contributed by atoms with Crippen molar-refractivity contribution in [1.82, 2.24) is 18.9 Å². The lowest BCUT2D eigenvalue weighted by atomic mass is 10.2. The number of carbonyl (C=O) groups is 1. The van der Waals surface area contributed by atoms with Crippen molar-refractivity contribution in [2.24, 2.45) is 0 Å². The fraction of sp³-hybridized carbons (Fsp3) is 0.222. The summed E-state index contributed by atoms with van der Waals surface area (Å²) in [6.07, 6.45) is 3.95. The molecule has 1 N–H and O–H groups in total. The number of ether oxygens (including phenoxy) is 1. The number of oxazole rings is 1. The van der Waals surface area contributed by atoms with Crippen molar-refractivity contribution in [3.8, 4) is 5.75 Å². The molecular formula is C27H27N5O4. The molecule has 5 aromatic rings. The molecule has 3 heterocycles. The average Bonchev–Trinajstić information content (AvgIpc) is 3.40. The zero-order valence-corrected chi connectivity index (χ0v) is 20.4. The second kappa shape index (κ2) is 9.71. The van der Waals surface area contributed by atoms with E-state index in [4.69, 9.17) is 9.15 Å². The summed E-state index contributed by atoms with van der Waals surface area (Å²) in [6, 6.07) is 16.1. The first-order valence-corrected chi connectivity index (χ1v) is 11.6. The molecule has 5 rings (SSSR count). The van der Waals surface area contributed by atoms with Crippen LogP contribution in [0.4, 0.5) is 5.69 Å². The molecule has 3 aromatic heterocycles. The van der Waals surface area contributed by atoms with Crippen molar-refractivity contribution in [3.63, 3.8) is 0 Å². The summed E-state index contributed by atoms with van der Waals surface area (Å²) in [6.45, 7) is 3.49. The minimum atomic E-state index is -0.416. The molecule has 0 atom stereocenters. The lowest BCUT2D eigenvalue weighted by molar-refractivity contribution is 0.102. The van der Waals surface area contributed by atoms with Gasteiger partial charge in [-0.15, -0.1) is 0 Å². The van der Waals surface area contributed by atoms with Crippen LogP contribution in [0.25, 0.3) is 16.7 Å². The van der Waals surface area contributed by atoms with Gasteiger partial charge in [0.15, 0.2) is 5.58 Å². The van der Waals surface area contributed by atoms with Crippen LogP contribution in [0.15, 0.2) is 76.2 Å². The summed E-state index contributed by atoms with van der Waals surface area (Å²) in [5.41, 5.74) is 4.94. The minimum Gasteiger partial charge on any atom is -0.487 e. The maximum Gasteiger partial charge on any atom is 0.419 e. The van der Waals surface area contributed by atoms with E-state index in [1.807, 2.05) is 54.8 Å². The molecule has 0 bridgehead atoms. The lowest BCUT2D eigenvalue weighted by Gasteiger charge is -2.10. The first-order chi connectivity index (χ1) is 17.4. The third-order valence-corrected chi connectivity index (χ3v) is 5.83. The van der Waals surface area contributed by atoms with Gasteiger partial charge in [-0.05, 0) is 69.0 Å². The van der Waals surface area contributed by atoms with E-state index in [0.29, 0.717) is 41.2 Å². The van der Waals surface area contributed by atoms with Crippen molar-refractivity contribution in [3.05, 3.63) is 94.4 Å². The number of hydrogen-bond acceptors (Lipinski definition) is 6. The third-order valence-electron chi connectivity index (χ3n) is 5.83. The summed E-state index contributed by atoms with van der Waals surface area (Å²) in [5, 5.41) is 2.90. The zero-order chi connectivity index (χ0) is 25.2. The number of carbonyl (C=O) groups excluding carboxylic acids is 1. The lowest BCUT2D eigenvalue weighted by Crippen LogP contribution is -2.23. The Kier molecular flexibility index (Phi) is 6.30. The molecule has 0 fully saturated rings. The fourth-order valence-electron chi connectivity index (χ4n) is 3.96. The van der Waals surface area contributed by atoms with E-state index in [2.05, 4.69) is 10.3 Å². The molecular weight excluding hydrogens is 458 g/mol. The monoisotopic (exact) mass is 485 g/mol. The summed E-state index contributed by atoms with van der Waals surface area (Å²) >= 11 is 0. The Bertz CT molecular complexity index is 1610. The van der Waals surface area contributed by atoms with E-state index in [-0.39, 0.29) is 12.5 Å². The number of fused-ring (bicyclic) bond motifs is 2. The Morgan fingerprint density at radius 2 is 1.97 bits per heavy atom. The highest BCUT2D eigenvalue weighted by atomic mass is 16.5. The maximum atomic E-state index is 13.0. The predicted octanol–water partition coefficient (Wildman–Crippen LogP) is 3.94. The van der Waals surface area contributed by atoms with Crippen LogP contribution in [0.5, 0.6) is 5.75 Å². The van der Waals surface area contributed by atoms with Gasteiger partial charge in [-0.3, -0.25) is 9.36 Å². The van der Waals surface area contributed by atoms with Crippen molar-refractivity contribution in [2.45, 2.75) is 20.1 Å². The van der Waals surface area contributed by atoms with Crippen LogP contribution in [-0.2, 0) is 13.2 Å². The molecule has 0 saturated carbocycles. The van der Waals surface area contributed by atoms with Gasteiger partial charge in [0.25, 0.3) is 5.91 Å². The highest BCUT2D eigenvalue weighted by Gasteiger charge is 2.13. The smallest absolute Gasteiger partial charge is 0.419 e. The van der Waals surface area contributed by atoms with Crippen LogP contribution in [-0.4, -0.2) is 45.4 Å². The minimum absolute atomic E-state index is 0.284. The molecule has 0 unspecified atom stereocenters. The molecule has 0 spiro atoms. The Morgan fingerprint density at radius 1 is 1.11 bits per heavy atom. The summed E-state index contributed by atoms with van der Waals surface area (Å²) < 4.78 is 14.8. The van der Waals surface area contributed by atoms with E-state index < -0.39 is 5.76 Å². The van der Waals surface area contributed by atoms with Crippen LogP contribution in [0.3, 0.4) is 0 Å². The number of pyridine rings is 1. The summed E-state index contributed by atoms with van der Waals surface area (Å²) in [7, 11) is 3.88. The van der Waals surface area contributed by atoms with Crippen LogP contribution in [0.2, 0.25) is 0 Å². The first kappa shape index (κ1) is 23.4. The highest BCUT2D eigenvalue weighted by Crippen LogP contribution is 2.21. The first-order valence-electron chi connectivity index (χ1n) is 11.6. The van der Waals surface area contributed by atoms with Gasteiger partial charge in [0.2, 0.25) is 0 Å². The van der Waals surface area contributed by atoms with Gasteiger partial charge in [-0.2, -0.15) is 0 Å². The zero-order valence-electron chi connectivity index (χ0n) is 20.4. The van der Waals surface area contributed by atoms with Gasteiger partial charge in [-0.1, -0.05) is 12.1 Å². The topological polar surface area (TPSA) is 94.0 Å². The Labute approximate surface area is 207 Å². The van der Waals surface area contributed by atoms with Crippen LogP contribution in [0.1, 0.15) is 21.6 Å². The van der Waals surface area contributed by atoms with Crippen LogP contribution in [0, 0.1) is 6.92 Å². The van der Waals surface area contributed by atoms with E-state index in [1.54, 1.807) is 47.0 Å². The van der Waals surface area contributed by atoms with Gasteiger partial charge in [0.1, 0.15) is 18.0 Å². The number of aryl methyl sites for hydroxylation is 1. The fourth-order valence-corrected chi connectivity index (χ4v) is 3.96. The second-order valence-corrected chi connectivity index (χ2v) is 8.98. The average molecular weight is 486 g/mol. The molecule has 0 aliphatic rings.